The largest absolute Gasteiger partial charge is 0.476 e. The van der Waals surface area contributed by atoms with E-state index in [2.05, 4.69) is 34.7 Å². The van der Waals surface area contributed by atoms with Gasteiger partial charge in [0.05, 0.1) is 29.9 Å². The average molecular weight is 799 g/mol. The van der Waals surface area contributed by atoms with Gasteiger partial charge in [-0.1, -0.05) is 29.8 Å². The Morgan fingerprint density at radius 1 is 0.981 bits per heavy atom. The molecule has 0 fully saturated rings. The molecule has 1 aliphatic rings. The molecule has 3 heterocycles. The summed E-state index contributed by atoms with van der Waals surface area (Å²) in [7, 11) is -4.07. The number of fused-ring (bicyclic) bond motifs is 3. The Hall–Kier alpha value is -3.91. The van der Waals surface area contributed by atoms with Crippen molar-refractivity contribution in [1.29, 1.82) is 0 Å². The zero-order chi connectivity index (χ0) is 39.6. The molecule has 54 heavy (non-hydrogen) atoms. The van der Waals surface area contributed by atoms with Gasteiger partial charge >= 0.3 is 13.9 Å². The number of thiophene rings is 1. The van der Waals surface area contributed by atoms with Gasteiger partial charge in [-0.3, -0.25) is 27.9 Å². The lowest BCUT2D eigenvalue weighted by molar-refractivity contribution is -0.116. The van der Waals surface area contributed by atoms with E-state index in [4.69, 9.17) is 35.3 Å². The Bertz CT molecular complexity index is 2080. The zero-order valence-electron chi connectivity index (χ0n) is 32.1. The number of rotatable bonds is 13. The number of carbonyl (C=O) groups excluding carboxylic acids is 1. The number of nitrogens with one attached hydrogen (secondary N) is 2. The number of aryl methyl sites for hydroxylation is 3. The van der Waals surface area contributed by atoms with Crippen molar-refractivity contribution in [3.05, 3.63) is 91.8 Å². The summed E-state index contributed by atoms with van der Waals surface area (Å²) >= 11 is 7.89. The number of hydrogen-bond donors (Lipinski definition) is 3. The van der Waals surface area contributed by atoms with Gasteiger partial charge in [-0.15, -0.1) is 21.5 Å². The Kier molecular flexibility index (Phi) is 12.6. The number of anilines is 1. The lowest BCUT2D eigenvalue weighted by Crippen LogP contribution is -2.24. The predicted octanol–water partition coefficient (Wildman–Crippen LogP) is 9.28. The molecule has 2 amide bonds. The second kappa shape index (κ2) is 16.4. The molecule has 0 saturated heterocycles. The quantitative estimate of drug-likeness (QED) is 0.0883. The molecule has 0 bridgehead atoms. The number of aliphatic imine (C=N–C) groups is 1. The summed E-state index contributed by atoms with van der Waals surface area (Å²) < 4.78 is 33.5. The number of halogens is 1. The maximum atomic E-state index is 13.9. The van der Waals surface area contributed by atoms with Gasteiger partial charge in [0.2, 0.25) is 5.91 Å². The minimum Gasteiger partial charge on any atom is -0.465 e. The van der Waals surface area contributed by atoms with Crippen molar-refractivity contribution in [1.82, 2.24) is 20.1 Å². The van der Waals surface area contributed by atoms with Crippen molar-refractivity contribution in [2.24, 2.45) is 4.99 Å². The first kappa shape index (κ1) is 41.3. The fourth-order valence-electron chi connectivity index (χ4n) is 5.97. The molecule has 1 atom stereocenters. The summed E-state index contributed by atoms with van der Waals surface area (Å²) in [5, 5.41) is 24.9. The van der Waals surface area contributed by atoms with Crippen LogP contribution in [0.25, 0.3) is 5.00 Å². The van der Waals surface area contributed by atoms with Gasteiger partial charge in [-0.25, -0.2) is 9.36 Å². The molecular weight excluding hydrogens is 751 g/mol. The number of aromatic nitrogens is 3. The van der Waals surface area contributed by atoms with Gasteiger partial charge in [0.25, 0.3) is 0 Å². The maximum Gasteiger partial charge on any atom is 0.476 e. The first-order valence-corrected chi connectivity index (χ1v) is 20.3. The molecule has 13 nitrogen and oxygen atoms in total. The van der Waals surface area contributed by atoms with Crippen LogP contribution in [0.4, 0.5) is 10.5 Å². The number of carboxylic acid groups (broad SMARTS) is 1. The van der Waals surface area contributed by atoms with E-state index < -0.39 is 31.2 Å². The number of benzene rings is 2. The van der Waals surface area contributed by atoms with Crippen molar-refractivity contribution >= 4 is 54.2 Å². The fourth-order valence-corrected chi connectivity index (χ4v) is 9.09. The highest BCUT2D eigenvalue weighted by Gasteiger charge is 2.37. The average Bonchev–Trinajstić information content (AvgIpc) is 3.53. The molecule has 0 radical (unpaired) electrons. The van der Waals surface area contributed by atoms with Crippen LogP contribution in [0.5, 0.6) is 0 Å². The first-order valence-electron chi connectivity index (χ1n) is 17.6. The van der Waals surface area contributed by atoms with E-state index >= 15 is 0 Å². The number of nitrogens with zero attached hydrogens (tertiary/aromatic N) is 4. The fraction of sp³-hybridized carbons (Fsp3) is 0.447. The molecule has 2 aromatic heterocycles. The van der Waals surface area contributed by atoms with Crippen LogP contribution >= 0.6 is 30.8 Å². The highest BCUT2D eigenvalue weighted by Crippen LogP contribution is 2.56. The number of phosphoric ester groups is 1. The predicted molar refractivity (Wildman–Crippen MR) is 211 cm³/mol. The minimum absolute atomic E-state index is 0.0370. The molecular formula is C38H48ClN6O7PS. The number of amides is 2. The third-order valence-corrected chi connectivity index (χ3v) is 11.7. The molecule has 3 N–H and O–H groups in total. The van der Waals surface area contributed by atoms with Crippen molar-refractivity contribution in [2.45, 2.75) is 105 Å². The van der Waals surface area contributed by atoms with Crippen LogP contribution in [0.3, 0.4) is 0 Å². The molecule has 290 valence electrons. The number of hydrogen-bond acceptors (Lipinski definition) is 10. The molecule has 0 aliphatic carbocycles. The van der Waals surface area contributed by atoms with E-state index in [-0.39, 0.29) is 25.5 Å². The highest BCUT2D eigenvalue weighted by atomic mass is 35.5. The smallest absolute Gasteiger partial charge is 0.465 e. The maximum absolute atomic E-state index is 13.9. The Morgan fingerprint density at radius 2 is 1.65 bits per heavy atom. The highest BCUT2D eigenvalue weighted by molar-refractivity contribution is 7.48. The summed E-state index contributed by atoms with van der Waals surface area (Å²) in [6.45, 7) is 16.7. The van der Waals surface area contributed by atoms with Gasteiger partial charge < -0.3 is 15.7 Å². The van der Waals surface area contributed by atoms with E-state index in [9.17, 15) is 14.2 Å². The normalized spacial score (nSPS) is 14.6. The minimum atomic E-state index is -4.07. The van der Waals surface area contributed by atoms with Crippen molar-refractivity contribution in [3.63, 3.8) is 0 Å². The zero-order valence-corrected chi connectivity index (χ0v) is 34.5. The number of phosphoric acid groups is 1. The summed E-state index contributed by atoms with van der Waals surface area (Å²) in [4.78, 5) is 31.3. The van der Waals surface area contributed by atoms with Gasteiger partial charge in [0.1, 0.15) is 16.9 Å². The van der Waals surface area contributed by atoms with Crippen LogP contribution in [0.15, 0.2) is 47.5 Å². The van der Waals surface area contributed by atoms with E-state index in [1.807, 2.05) is 41.8 Å². The summed E-state index contributed by atoms with van der Waals surface area (Å²) in [5.41, 5.74) is 3.92. The molecule has 0 spiro atoms. The van der Waals surface area contributed by atoms with E-state index in [0.29, 0.717) is 40.8 Å². The summed E-state index contributed by atoms with van der Waals surface area (Å²) in [6, 6.07) is 12.2. The molecule has 4 aromatic rings. The van der Waals surface area contributed by atoms with Gasteiger partial charge in [-0.05, 0) is 116 Å². The van der Waals surface area contributed by atoms with Gasteiger partial charge in [0.15, 0.2) is 5.82 Å². The second-order valence-corrected chi connectivity index (χ2v) is 18.3. The SMILES string of the molecule is Cc1sc2c(c1C)C(c1ccc(Cl)cc1)=N[C@@H](CC(=O)Nc1ccc(CCCNC(=O)O)c(COP(=O)(OC(C)(C)C)OC(C)(C)C)c1)c1nnc(C)n1-2. The molecule has 2 aromatic carbocycles. The van der Waals surface area contributed by atoms with Crippen LogP contribution in [0.2, 0.25) is 5.02 Å². The molecule has 1 aliphatic heterocycles. The van der Waals surface area contributed by atoms with Crippen LogP contribution in [-0.4, -0.2) is 55.3 Å². The van der Waals surface area contributed by atoms with Crippen LogP contribution < -0.4 is 10.6 Å². The van der Waals surface area contributed by atoms with E-state index in [0.717, 1.165) is 37.8 Å². The topological polar surface area (TPSA) is 166 Å². The van der Waals surface area contributed by atoms with Crippen LogP contribution in [0.1, 0.15) is 105 Å². The van der Waals surface area contributed by atoms with Crippen LogP contribution in [0, 0.1) is 20.8 Å². The molecule has 16 heteroatoms. The molecule has 0 unspecified atom stereocenters. The van der Waals surface area contributed by atoms with Crippen molar-refractivity contribution < 1.29 is 32.8 Å². The third-order valence-electron chi connectivity index (χ3n) is 8.27. The Balaban J connectivity index is 1.45. The standard InChI is InChI=1S/C38H48ClN6O7PS/c1-22-23(2)54-35-32(22)33(26-12-15-28(39)16-13-26)42-30(34-44-43-24(3)45(34)35)20-31(46)41-29-17-14-25(11-10-18-40-36(47)48)27(19-29)21-50-53(49,51-37(4,5)6)52-38(7,8)9/h12-17,19,30,40H,10-11,18,20-21H2,1-9H3,(H,41,46)(H,47,48)/t30-/m0/s1. The Morgan fingerprint density at radius 3 is 2.28 bits per heavy atom. The monoisotopic (exact) mass is 798 g/mol. The van der Waals surface area contributed by atoms with Crippen molar-refractivity contribution in [3.8, 4) is 5.00 Å². The lowest BCUT2D eigenvalue weighted by atomic mass is 9.99. The van der Waals surface area contributed by atoms with Crippen molar-refractivity contribution in [2.75, 3.05) is 11.9 Å². The number of carbonyl (C=O) groups is 2. The molecule has 5 rings (SSSR count). The third kappa shape index (κ3) is 10.4. The van der Waals surface area contributed by atoms with E-state index in [1.165, 1.54) is 0 Å². The Labute approximate surface area is 325 Å². The first-order chi connectivity index (χ1) is 25.2. The second-order valence-electron chi connectivity index (χ2n) is 15.1. The molecule has 0 saturated carbocycles. The summed E-state index contributed by atoms with van der Waals surface area (Å²) in [6.07, 6.45) is -0.159. The lowest BCUT2D eigenvalue weighted by Gasteiger charge is -2.31. The van der Waals surface area contributed by atoms with E-state index in [1.54, 1.807) is 65.0 Å². The summed E-state index contributed by atoms with van der Waals surface area (Å²) in [5.74, 6) is 0.932. The van der Waals surface area contributed by atoms with Crippen LogP contribution in [-0.2, 0) is 36.0 Å². The van der Waals surface area contributed by atoms with Gasteiger partial charge in [-0.2, -0.15) is 0 Å². The van der Waals surface area contributed by atoms with Gasteiger partial charge in [0, 0.05) is 33.3 Å².